The van der Waals surface area contributed by atoms with Gasteiger partial charge in [-0.3, -0.25) is 0 Å². The number of hydrogen-bond acceptors (Lipinski definition) is 8. The predicted octanol–water partition coefficient (Wildman–Crippen LogP) is 3.73. The average Bonchev–Trinajstić information content (AvgIpc) is 3.33. The van der Waals surface area contributed by atoms with Gasteiger partial charge in [0, 0.05) is 18.2 Å². The third-order valence-electron chi connectivity index (χ3n) is 5.34. The van der Waals surface area contributed by atoms with Crippen LogP contribution in [0, 0.1) is 11.6 Å². The van der Waals surface area contributed by atoms with Crippen LogP contribution in [0.4, 0.5) is 14.5 Å². The zero-order chi connectivity index (χ0) is 27.3. The fourth-order valence-electron chi connectivity index (χ4n) is 3.58. The number of sulfonamides is 1. The minimum Gasteiger partial charge on any atom is -0.467 e. The van der Waals surface area contributed by atoms with Crippen LogP contribution in [0.25, 0.3) is 0 Å². The van der Waals surface area contributed by atoms with E-state index in [9.17, 15) is 27.1 Å². The van der Waals surface area contributed by atoms with Crippen LogP contribution in [0.15, 0.2) is 58.0 Å². The number of furan rings is 1. The maximum atomic E-state index is 13.5. The molecule has 1 aromatic heterocycles. The number of primary sulfonamides is 1. The maximum Gasteiger partial charge on any atom is 0.340 e. The lowest BCUT2D eigenvalue weighted by Crippen LogP contribution is -2.41. The zero-order valence-electron chi connectivity index (χ0n) is 19.9. The summed E-state index contributed by atoms with van der Waals surface area (Å²) in [7, 11) is -4.23. The second kappa shape index (κ2) is 12.0. The molecule has 0 spiro atoms. The Morgan fingerprint density at radius 3 is 2.46 bits per heavy atom. The number of benzene rings is 2. The standard InChI is InChI=1S/C24H26ClF2N3O6S/c1-13(30-14(2)23(31)15-6-16(26)8-17(27)7-15)12-36-24(32)19-9-22(37(28,33)34)20(25)10-21(19)29-11-18-4-3-5-35-18/h3-10,13-14,23,29-31H,11-12H2,1-2H3,(H2,28,33,34)/t13?,14-,23-/m0/s1. The number of halogens is 3. The van der Waals surface area contributed by atoms with Crippen molar-refractivity contribution in [2.45, 2.75) is 43.5 Å². The van der Waals surface area contributed by atoms with Crippen LogP contribution < -0.4 is 15.8 Å². The fraction of sp³-hybridized carbons (Fsp3) is 0.292. The molecule has 0 fully saturated rings. The number of nitrogens with one attached hydrogen (secondary N) is 2. The molecule has 1 heterocycles. The number of anilines is 1. The summed E-state index contributed by atoms with van der Waals surface area (Å²) in [5, 5.41) is 21.4. The van der Waals surface area contributed by atoms with Crippen molar-refractivity contribution in [3.63, 3.8) is 0 Å². The molecule has 5 N–H and O–H groups in total. The topological polar surface area (TPSA) is 144 Å². The van der Waals surface area contributed by atoms with E-state index in [1.807, 2.05) is 0 Å². The van der Waals surface area contributed by atoms with Crippen LogP contribution in [0.3, 0.4) is 0 Å². The summed E-state index contributed by atoms with van der Waals surface area (Å²) < 4.78 is 61.4. The van der Waals surface area contributed by atoms with Crippen molar-refractivity contribution in [3.05, 3.63) is 82.3 Å². The Hall–Kier alpha value is -3.03. The average molecular weight is 558 g/mol. The number of ether oxygens (including phenoxy) is 1. The summed E-state index contributed by atoms with van der Waals surface area (Å²) in [4.78, 5) is 12.5. The van der Waals surface area contributed by atoms with E-state index in [1.54, 1.807) is 26.0 Å². The Balaban J connectivity index is 1.70. The van der Waals surface area contributed by atoms with Crippen LogP contribution in [0.2, 0.25) is 5.02 Å². The third kappa shape index (κ3) is 7.73. The summed E-state index contributed by atoms with van der Waals surface area (Å²) in [5.41, 5.74) is 0.109. The molecule has 2 aromatic carbocycles. The van der Waals surface area contributed by atoms with Crippen LogP contribution in [0.1, 0.15) is 41.6 Å². The number of aliphatic hydroxyl groups is 1. The Morgan fingerprint density at radius 2 is 1.86 bits per heavy atom. The molecule has 0 radical (unpaired) electrons. The summed E-state index contributed by atoms with van der Waals surface area (Å²) in [6.07, 6.45) is 0.231. The molecule has 13 heteroatoms. The second-order valence-corrected chi connectivity index (χ2v) is 10.3. The molecule has 37 heavy (non-hydrogen) atoms. The zero-order valence-corrected chi connectivity index (χ0v) is 21.4. The fourth-order valence-corrected chi connectivity index (χ4v) is 4.68. The third-order valence-corrected chi connectivity index (χ3v) is 6.72. The molecule has 9 nitrogen and oxygen atoms in total. The lowest BCUT2D eigenvalue weighted by atomic mass is 10.0. The van der Waals surface area contributed by atoms with Crippen molar-refractivity contribution in [1.82, 2.24) is 5.32 Å². The van der Waals surface area contributed by atoms with Crippen molar-refractivity contribution in [2.75, 3.05) is 11.9 Å². The molecule has 1 unspecified atom stereocenters. The lowest BCUT2D eigenvalue weighted by molar-refractivity contribution is 0.0450. The van der Waals surface area contributed by atoms with Gasteiger partial charge in [-0.1, -0.05) is 11.6 Å². The van der Waals surface area contributed by atoms with Gasteiger partial charge in [-0.05, 0) is 55.8 Å². The highest BCUT2D eigenvalue weighted by atomic mass is 35.5. The Morgan fingerprint density at radius 1 is 1.19 bits per heavy atom. The van der Waals surface area contributed by atoms with Crippen molar-refractivity contribution < 1.29 is 36.3 Å². The molecule has 0 aliphatic rings. The minimum absolute atomic E-state index is 0.0469. The molecule has 3 aromatic rings. The van der Waals surface area contributed by atoms with E-state index in [2.05, 4.69) is 10.6 Å². The van der Waals surface area contributed by atoms with Gasteiger partial charge in [0.15, 0.2) is 0 Å². The number of hydrogen-bond donors (Lipinski definition) is 4. The van der Waals surface area contributed by atoms with Crippen molar-refractivity contribution in [2.24, 2.45) is 5.14 Å². The first kappa shape index (κ1) is 28.5. The summed E-state index contributed by atoms with van der Waals surface area (Å²) in [6, 6.07) is 7.24. The first-order valence-corrected chi connectivity index (χ1v) is 13.0. The minimum atomic E-state index is -4.23. The van der Waals surface area contributed by atoms with Gasteiger partial charge in [0.05, 0.1) is 35.2 Å². The van der Waals surface area contributed by atoms with Gasteiger partial charge in [0.1, 0.15) is 28.9 Å². The molecule has 0 aliphatic carbocycles. The highest BCUT2D eigenvalue weighted by Crippen LogP contribution is 2.29. The number of nitrogens with two attached hydrogens (primary N) is 1. The second-order valence-electron chi connectivity index (χ2n) is 8.41. The molecule has 200 valence electrons. The number of esters is 1. The summed E-state index contributed by atoms with van der Waals surface area (Å²) in [6.45, 7) is 3.25. The predicted molar refractivity (Wildman–Crippen MR) is 133 cm³/mol. The van der Waals surface area contributed by atoms with Gasteiger partial charge in [-0.15, -0.1) is 0 Å². The molecule has 0 bridgehead atoms. The van der Waals surface area contributed by atoms with Crippen LogP contribution in [-0.4, -0.2) is 38.2 Å². The molecule has 3 atom stereocenters. The summed E-state index contributed by atoms with van der Waals surface area (Å²) >= 11 is 6.08. The molecule has 0 aliphatic heterocycles. The number of rotatable bonds is 11. The summed E-state index contributed by atoms with van der Waals surface area (Å²) in [5.74, 6) is -1.95. The van der Waals surface area contributed by atoms with E-state index >= 15 is 0 Å². The largest absolute Gasteiger partial charge is 0.467 e. The van der Waals surface area contributed by atoms with E-state index in [1.165, 1.54) is 12.3 Å². The lowest BCUT2D eigenvalue weighted by Gasteiger charge is -2.25. The number of carbonyl (C=O) groups is 1. The van der Waals surface area contributed by atoms with Gasteiger partial charge in [-0.2, -0.15) is 0 Å². The Labute approximate surface area is 217 Å². The number of aliphatic hydroxyl groups excluding tert-OH is 1. The molecule has 0 saturated carbocycles. The molecule has 0 saturated heterocycles. The smallest absolute Gasteiger partial charge is 0.340 e. The van der Waals surface area contributed by atoms with Crippen LogP contribution in [-0.2, 0) is 21.3 Å². The van der Waals surface area contributed by atoms with Crippen LogP contribution in [0.5, 0.6) is 0 Å². The van der Waals surface area contributed by atoms with Gasteiger partial charge >= 0.3 is 5.97 Å². The van der Waals surface area contributed by atoms with Gasteiger partial charge < -0.3 is 24.9 Å². The maximum absolute atomic E-state index is 13.5. The highest BCUT2D eigenvalue weighted by Gasteiger charge is 2.24. The highest BCUT2D eigenvalue weighted by molar-refractivity contribution is 7.89. The molecule has 3 rings (SSSR count). The van der Waals surface area contributed by atoms with Crippen molar-refractivity contribution in [3.8, 4) is 0 Å². The Kier molecular flexibility index (Phi) is 9.26. The normalized spacial score (nSPS) is 14.1. The van der Waals surface area contributed by atoms with Gasteiger partial charge in [-0.25, -0.2) is 27.1 Å². The van der Waals surface area contributed by atoms with E-state index in [0.29, 0.717) is 11.8 Å². The van der Waals surface area contributed by atoms with Gasteiger partial charge in [0.2, 0.25) is 10.0 Å². The van der Waals surface area contributed by atoms with Crippen LogP contribution >= 0.6 is 11.6 Å². The van der Waals surface area contributed by atoms with Crippen molar-refractivity contribution >= 4 is 33.3 Å². The van der Waals surface area contributed by atoms with E-state index in [-0.39, 0.29) is 35.0 Å². The quantitative estimate of drug-likeness (QED) is 0.261. The van der Waals surface area contributed by atoms with E-state index in [0.717, 1.165) is 18.2 Å². The number of carbonyl (C=O) groups excluding carboxylic acids is 1. The first-order valence-electron chi connectivity index (χ1n) is 11.0. The molecular weight excluding hydrogens is 532 g/mol. The first-order chi connectivity index (χ1) is 17.3. The SMILES string of the molecule is CC(COC(=O)c1cc(S(N)(=O)=O)c(Cl)cc1NCc1ccco1)N[C@@H](C)[C@H](O)c1cc(F)cc(F)c1. The van der Waals surface area contributed by atoms with E-state index < -0.39 is 50.7 Å². The molecule has 0 amide bonds. The van der Waals surface area contributed by atoms with Crippen molar-refractivity contribution in [1.29, 1.82) is 0 Å². The Bertz CT molecular complexity index is 1330. The van der Waals surface area contributed by atoms with E-state index in [4.69, 9.17) is 25.9 Å². The monoisotopic (exact) mass is 557 g/mol. The van der Waals surface area contributed by atoms with Gasteiger partial charge in [0.25, 0.3) is 0 Å². The molecular formula is C24H26ClF2N3O6S.